The van der Waals surface area contributed by atoms with Crippen molar-refractivity contribution in [3.05, 3.63) is 29.8 Å². The number of fused-ring (bicyclic) bond motifs is 1. The van der Waals surface area contributed by atoms with E-state index < -0.39 is 0 Å². The van der Waals surface area contributed by atoms with Crippen LogP contribution in [0.3, 0.4) is 0 Å². The average Bonchev–Trinajstić information content (AvgIpc) is 2.52. The molecule has 0 radical (unpaired) electrons. The van der Waals surface area contributed by atoms with Crippen LogP contribution < -0.4 is 10.1 Å². The topological polar surface area (TPSA) is 38.3 Å². The lowest BCUT2D eigenvalue weighted by molar-refractivity contribution is -0.123. The van der Waals surface area contributed by atoms with Gasteiger partial charge in [-0.25, -0.2) is 0 Å². The Hall–Kier alpha value is -1.22. The zero-order valence-corrected chi connectivity index (χ0v) is 13.4. The molecule has 116 valence electrons. The Kier molecular flexibility index (Phi) is 6.37. The van der Waals surface area contributed by atoms with Crippen molar-refractivity contribution in [1.29, 1.82) is 0 Å². The molecule has 2 unspecified atom stereocenters. The van der Waals surface area contributed by atoms with Crippen molar-refractivity contribution in [2.75, 3.05) is 19.0 Å². The van der Waals surface area contributed by atoms with Gasteiger partial charge in [-0.1, -0.05) is 31.5 Å². The molecule has 0 aliphatic carbocycles. The van der Waals surface area contributed by atoms with E-state index in [-0.39, 0.29) is 11.8 Å². The van der Waals surface area contributed by atoms with Crippen molar-refractivity contribution in [2.45, 2.75) is 38.5 Å². The number of carbonyl (C=O) groups excluding carboxylic acids is 1. The van der Waals surface area contributed by atoms with E-state index in [0.29, 0.717) is 18.4 Å². The van der Waals surface area contributed by atoms with E-state index in [2.05, 4.69) is 12.2 Å². The molecule has 0 saturated heterocycles. The first kappa shape index (κ1) is 16.2. The minimum atomic E-state index is -0.0896. The van der Waals surface area contributed by atoms with Crippen molar-refractivity contribution >= 4 is 17.5 Å². The van der Waals surface area contributed by atoms with Gasteiger partial charge in [0.15, 0.2) is 0 Å². The molecule has 1 aliphatic rings. The highest BCUT2D eigenvalue weighted by molar-refractivity contribution is 6.17. The predicted molar refractivity (Wildman–Crippen MR) is 86.0 cm³/mol. The first-order valence-corrected chi connectivity index (χ1v) is 8.35. The summed E-state index contributed by atoms with van der Waals surface area (Å²) in [6.07, 6.45) is 3.94. The third-order valence-electron chi connectivity index (χ3n) is 4.05. The number of alkyl halides is 1. The van der Waals surface area contributed by atoms with Gasteiger partial charge in [0.2, 0.25) is 5.91 Å². The highest BCUT2D eigenvalue weighted by Crippen LogP contribution is 2.33. The Labute approximate surface area is 132 Å². The largest absolute Gasteiger partial charge is 0.493 e. The molecule has 0 fully saturated rings. The molecule has 4 heteroatoms. The van der Waals surface area contributed by atoms with Crippen LogP contribution in [0.2, 0.25) is 0 Å². The molecule has 1 amide bonds. The third-order valence-corrected chi connectivity index (χ3v) is 4.27. The number of carbonyl (C=O) groups is 1. The SMILES string of the molecule is CCCC(CCCl)CNC(=O)C1CCOc2ccccc21. The van der Waals surface area contributed by atoms with Gasteiger partial charge in [-0.2, -0.15) is 0 Å². The number of hydrogen-bond donors (Lipinski definition) is 1. The zero-order chi connectivity index (χ0) is 15.1. The van der Waals surface area contributed by atoms with Gasteiger partial charge < -0.3 is 10.1 Å². The van der Waals surface area contributed by atoms with E-state index in [1.54, 1.807) is 0 Å². The van der Waals surface area contributed by atoms with Crippen LogP contribution in [0.25, 0.3) is 0 Å². The summed E-state index contributed by atoms with van der Waals surface area (Å²) in [5, 5.41) is 3.11. The summed E-state index contributed by atoms with van der Waals surface area (Å²) < 4.78 is 5.61. The Morgan fingerprint density at radius 2 is 2.24 bits per heavy atom. The lowest BCUT2D eigenvalue weighted by Gasteiger charge is -2.26. The number of halogens is 1. The Morgan fingerprint density at radius 3 is 3.00 bits per heavy atom. The van der Waals surface area contributed by atoms with E-state index in [1.807, 2.05) is 24.3 Å². The standard InChI is InChI=1S/C17H24ClNO2/c1-2-5-13(8-10-18)12-19-17(20)15-9-11-21-16-7-4-3-6-14(15)16/h3-4,6-7,13,15H,2,5,8-12H2,1H3,(H,19,20). The molecule has 1 aromatic carbocycles. The van der Waals surface area contributed by atoms with Crippen LogP contribution in [0, 0.1) is 5.92 Å². The van der Waals surface area contributed by atoms with Gasteiger partial charge in [-0.15, -0.1) is 11.6 Å². The fraction of sp³-hybridized carbons (Fsp3) is 0.588. The fourth-order valence-corrected chi connectivity index (χ4v) is 3.20. The monoisotopic (exact) mass is 309 g/mol. The summed E-state index contributed by atoms with van der Waals surface area (Å²) >= 11 is 5.83. The number of ether oxygens (including phenoxy) is 1. The van der Waals surface area contributed by atoms with Crippen LogP contribution in [0.5, 0.6) is 5.75 Å². The maximum absolute atomic E-state index is 12.5. The summed E-state index contributed by atoms with van der Waals surface area (Å²) in [4.78, 5) is 12.5. The van der Waals surface area contributed by atoms with Gasteiger partial charge in [-0.3, -0.25) is 4.79 Å². The van der Waals surface area contributed by atoms with Gasteiger partial charge in [0.25, 0.3) is 0 Å². The number of benzene rings is 1. The second-order valence-corrected chi connectivity index (χ2v) is 5.98. The molecule has 1 aromatic rings. The van der Waals surface area contributed by atoms with Crippen molar-refractivity contribution in [3.8, 4) is 5.75 Å². The second kappa shape index (κ2) is 8.28. The molecular formula is C17H24ClNO2. The number of para-hydroxylation sites is 1. The van der Waals surface area contributed by atoms with Crippen LogP contribution in [0.15, 0.2) is 24.3 Å². The first-order valence-electron chi connectivity index (χ1n) is 7.81. The van der Waals surface area contributed by atoms with Gasteiger partial charge in [-0.05, 0) is 31.2 Å². The minimum Gasteiger partial charge on any atom is -0.493 e. The zero-order valence-electron chi connectivity index (χ0n) is 12.6. The molecule has 1 aliphatic heterocycles. The third kappa shape index (κ3) is 4.37. The molecule has 1 heterocycles. The van der Waals surface area contributed by atoms with E-state index in [0.717, 1.165) is 43.5 Å². The molecular weight excluding hydrogens is 286 g/mol. The van der Waals surface area contributed by atoms with Crippen LogP contribution in [-0.2, 0) is 4.79 Å². The number of amides is 1. The lowest BCUT2D eigenvalue weighted by atomic mass is 9.92. The number of hydrogen-bond acceptors (Lipinski definition) is 2. The summed E-state index contributed by atoms with van der Waals surface area (Å²) in [6.45, 7) is 3.49. The molecule has 0 spiro atoms. The smallest absolute Gasteiger partial charge is 0.227 e. The van der Waals surface area contributed by atoms with Gasteiger partial charge in [0, 0.05) is 18.0 Å². The van der Waals surface area contributed by atoms with Crippen LogP contribution >= 0.6 is 11.6 Å². The molecule has 0 bridgehead atoms. The van der Waals surface area contributed by atoms with Crippen LogP contribution in [-0.4, -0.2) is 24.9 Å². The molecule has 1 N–H and O–H groups in total. The highest BCUT2D eigenvalue weighted by Gasteiger charge is 2.27. The Balaban J connectivity index is 1.95. The summed E-state index contributed by atoms with van der Waals surface area (Å²) in [5.74, 6) is 2.00. The number of nitrogens with one attached hydrogen (secondary N) is 1. The first-order chi connectivity index (χ1) is 10.3. The molecule has 2 atom stereocenters. The normalized spacial score (nSPS) is 18.5. The van der Waals surface area contributed by atoms with Crippen molar-refractivity contribution in [1.82, 2.24) is 5.32 Å². The van der Waals surface area contributed by atoms with Gasteiger partial charge >= 0.3 is 0 Å². The predicted octanol–water partition coefficient (Wildman–Crippen LogP) is 3.71. The molecule has 0 aromatic heterocycles. The molecule has 3 nitrogen and oxygen atoms in total. The van der Waals surface area contributed by atoms with Crippen molar-refractivity contribution < 1.29 is 9.53 Å². The molecule has 0 saturated carbocycles. The van der Waals surface area contributed by atoms with E-state index in [4.69, 9.17) is 16.3 Å². The maximum atomic E-state index is 12.5. The fourth-order valence-electron chi connectivity index (χ4n) is 2.89. The minimum absolute atomic E-state index is 0.0896. The average molecular weight is 310 g/mol. The van der Waals surface area contributed by atoms with E-state index >= 15 is 0 Å². The van der Waals surface area contributed by atoms with E-state index in [9.17, 15) is 4.79 Å². The molecule has 2 rings (SSSR count). The Morgan fingerprint density at radius 1 is 1.43 bits per heavy atom. The Bertz CT molecular complexity index is 458. The highest BCUT2D eigenvalue weighted by atomic mass is 35.5. The van der Waals surface area contributed by atoms with E-state index in [1.165, 1.54) is 0 Å². The van der Waals surface area contributed by atoms with Gasteiger partial charge in [0.05, 0.1) is 12.5 Å². The number of rotatable bonds is 7. The maximum Gasteiger partial charge on any atom is 0.227 e. The lowest BCUT2D eigenvalue weighted by Crippen LogP contribution is -2.35. The molecule has 21 heavy (non-hydrogen) atoms. The summed E-state index contributed by atoms with van der Waals surface area (Å²) in [5.41, 5.74) is 1.01. The summed E-state index contributed by atoms with van der Waals surface area (Å²) in [6, 6.07) is 7.82. The van der Waals surface area contributed by atoms with Gasteiger partial charge in [0.1, 0.15) is 5.75 Å². The van der Waals surface area contributed by atoms with Crippen molar-refractivity contribution in [3.63, 3.8) is 0 Å². The van der Waals surface area contributed by atoms with Crippen LogP contribution in [0.4, 0.5) is 0 Å². The second-order valence-electron chi connectivity index (χ2n) is 5.61. The van der Waals surface area contributed by atoms with Crippen molar-refractivity contribution in [2.24, 2.45) is 5.92 Å². The van der Waals surface area contributed by atoms with Crippen LogP contribution in [0.1, 0.15) is 44.1 Å². The quantitative estimate of drug-likeness (QED) is 0.780. The summed E-state index contributed by atoms with van der Waals surface area (Å²) in [7, 11) is 0.